The number of para-hydroxylation sites is 3. The highest BCUT2D eigenvalue weighted by Gasteiger charge is 2.25. The Bertz CT molecular complexity index is 778. The summed E-state index contributed by atoms with van der Waals surface area (Å²) in [6.45, 7) is 2.32. The Labute approximate surface area is 116 Å². The standard InChI is InChI=1S/C16H13NO3/c1-10-17-16-11(5-4-8-14(16)19-10)15-9-18-12-6-2-3-7-13(12)20-15/h2-8,15H,9H2,1H3. The Morgan fingerprint density at radius 3 is 2.80 bits per heavy atom. The van der Waals surface area contributed by atoms with E-state index in [1.165, 1.54) is 0 Å². The third kappa shape index (κ3) is 1.72. The van der Waals surface area contributed by atoms with Crippen LogP contribution in [0.25, 0.3) is 11.1 Å². The Morgan fingerprint density at radius 2 is 1.90 bits per heavy atom. The zero-order chi connectivity index (χ0) is 13.5. The van der Waals surface area contributed by atoms with Crippen molar-refractivity contribution in [2.45, 2.75) is 13.0 Å². The maximum absolute atomic E-state index is 6.03. The van der Waals surface area contributed by atoms with Gasteiger partial charge in [-0.05, 0) is 18.2 Å². The molecule has 1 aliphatic rings. The lowest BCUT2D eigenvalue weighted by Gasteiger charge is -2.26. The molecule has 2 aromatic carbocycles. The lowest BCUT2D eigenvalue weighted by molar-refractivity contribution is 0.0921. The molecular weight excluding hydrogens is 254 g/mol. The molecule has 3 aromatic rings. The van der Waals surface area contributed by atoms with Gasteiger partial charge in [0.2, 0.25) is 0 Å². The van der Waals surface area contributed by atoms with Crippen LogP contribution in [0.15, 0.2) is 46.9 Å². The monoisotopic (exact) mass is 267 g/mol. The second-order valence-corrected chi connectivity index (χ2v) is 4.79. The molecule has 0 amide bonds. The molecule has 0 saturated carbocycles. The highest BCUT2D eigenvalue weighted by molar-refractivity contribution is 5.77. The van der Waals surface area contributed by atoms with Gasteiger partial charge in [0.15, 0.2) is 29.1 Å². The van der Waals surface area contributed by atoms with Crippen LogP contribution >= 0.6 is 0 Å². The van der Waals surface area contributed by atoms with Crippen molar-refractivity contribution in [1.82, 2.24) is 4.98 Å². The van der Waals surface area contributed by atoms with Crippen LogP contribution in [0.2, 0.25) is 0 Å². The minimum absolute atomic E-state index is 0.168. The zero-order valence-electron chi connectivity index (χ0n) is 11.0. The Balaban J connectivity index is 1.78. The van der Waals surface area contributed by atoms with E-state index in [0.717, 1.165) is 28.2 Å². The topological polar surface area (TPSA) is 44.5 Å². The first kappa shape index (κ1) is 11.3. The Morgan fingerprint density at radius 1 is 1.05 bits per heavy atom. The molecule has 4 heteroatoms. The summed E-state index contributed by atoms with van der Waals surface area (Å²) in [6.07, 6.45) is -0.168. The van der Waals surface area contributed by atoms with E-state index < -0.39 is 0 Å². The van der Waals surface area contributed by atoms with Crippen LogP contribution in [0.5, 0.6) is 11.5 Å². The van der Waals surface area contributed by atoms with Gasteiger partial charge in [0.25, 0.3) is 0 Å². The summed E-state index contributed by atoms with van der Waals surface area (Å²) in [5, 5.41) is 0. The van der Waals surface area contributed by atoms with Crippen molar-refractivity contribution >= 4 is 11.1 Å². The van der Waals surface area contributed by atoms with E-state index in [2.05, 4.69) is 4.98 Å². The fraction of sp³-hybridized carbons (Fsp3) is 0.188. The van der Waals surface area contributed by atoms with Gasteiger partial charge in [0.1, 0.15) is 12.1 Å². The van der Waals surface area contributed by atoms with Gasteiger partial charge >= 0.3 is 0 Å². The molecule has 0 bridgehead atoms. The first-order valence-electron chi connectivity index (χ1n) is 6.56. The molecule has 20 heavy (non-hydrogen) atoms. The van der Waals surface area contributed by atoms with E-state index in [-0.39, 0.29) is 6.10 Å². The molecular formula is C16H13NO3. The number of fused-ring (bicyclic) bond motifs is 2. The molecule has 4 nitrogen and oxygen atoms in total. The van der Waals surface area contributed by atoms with Crippen molar-refractivity contribution in [3.63, 3.8) is 0 Å². The molecule has 1 unspecified atom stereocenters. The maximum atomic E-state index is 6.03. The van der Waals surface area contributed by atoms with Crippen LogP contribution < -0.4 is 9.47 Å². The van der Waals surface area contributed by atoms with E-state index >= 15 is 0 Å². The molecule has 0 saturated heterocycles. The van der Waals surface area contributed by atoms with Crippen molar-refractivity contribution in [3.05, 3.63) is 53.9 Å². The molecule has 0 fully saturated rings. The van der Waals surface area contributed by atoms with Crippen LogP contribution in [0, 0.1) is 6.92 Å². The smallest absolute Gasteiger partial charge is 0.192 e. The van der Waals surface area contributed by atoms with Crippen molar-refractivity contribution in [2.75, 3.05) is 6.61 Å². The SMILES string of the molecule is Cc1nc2c(C3COc4ccccc4O3)cccc2o1. The second kappa shape index (κ2) is 4.27. The zero-order valence-corrected chi connectivity index (χ0v) is 11.0. The molecule has 0 aliphatic carbocycles. The summed E-state index contributed by atoms with van der Waals surface area (Å²) >= 11 is 0. The van der Waals surface area contributed by atoms with Gasteiger partial charge in [-0.2, -0.15) is 0 Å². The Hall–Kier alpha value is -2.49. The number of ether oxygens (including phenoxy) is 2. The summed E-state index contributed by atoms with van der Waals surface area (Å²) in [5.41, 5.74) is 2.62. The van der Waals surface area contributed by atoms with Crippen molar-refractivity contribution < 1.29 is 13.9 Å². The van der Waals surface area contributed by atoms with Crippen LogP contribution in [-0.2, 0) is 0 Å². The quantitative estimate of drug-likeness (QED) is 0.675. The number of hydrogen-bond donors (Lipinski definition) is 0. The second-order valence-electron chi connectivity index (χ2n) is 4.79. The van der Waals surface area contributed by atoms with Crippen molar-refractivity contribution in [3.8, 4) is 11.5 Å². The number of aryl methyl sites for hydroxylation is 1. The van der Waals surface area contributed by atoms with Gasteiger partial charge in [-0.1, -0.05) is 24.3 Å². The minimum atomic E-state index is -0.168. The average Bonchev–Trinajstić information content (AvgIpc) is 2.86. The molecule has 0 radical (unpaired) electrons. The van der Waals surface area contributed by atoms with Crippen LogP contribution in [-0.4, -0.2) is 11.6 Å². The van der Waals surface area contributed by atoms with Crippen molar-refractivity contribution in [2.24, 2.45) is 0 Å². The van der Waals surface area contributed by atoms with Crippen molar-refractivity contribution in [1.29, 1.82) is 0 Å². The normalized spacial score (nSPS) is 17.4. The largest absolute Gasteiger partial charge is 0.485 e. The van der Waals surface area contributed by atoms with Gasteiger partial charge in [-0.15, -0.1) is 0 Å². The highest BCUT2D eigenvalue weighted by atomic mass is 16.6. The van der Waals surface area contributed by atoms with Crippen LogP contribution in [0.3, 0.4) is 0 Å². The third-order valence-electron chi connectivity index (χ3n) is 3.41. The Kier molecular flexibility index (Phi) is 2.42. The fourth-order valence-corrected chi connectivity index (χ4v) is 2.51. The predicted octanol–water partition coefficient (Wildman–Crippen LogP) is 3.65. The fourth-order valence-electron chi connectivity index (χ4n) is 2.51. The van der Waals surface area contributed by atoms with Crippen LogP contribution in [0.4, 0.5) is 0 Å². The van der Waals surface area contributed by atoms with E-state index in [0.29, 0.717) is 12.5 Å². The number of aromatic nitrogens is 1. The molecule has 2 heterocycles. The van der Waals surface area contributed by atoms with E-state index in [1.807, 2.05) is 49.4 Å². The van der Waals surface area contributed by atoms with E-state index in [9.17, 15) is 0 Å². The lowest BCUT2D eigenvalue weighted by atomic mass is 10.1. The molecule has 1 atom stereocenters. The van der Waals surface area contributed by atoms with Gasteiger partial charge in [0, 0.05) is 12.5 Å². The molecule has 1 aromatic heterocycles. The van der Waals surface area contributed by atoms with Gasteiger partial charge in [-0.25, -0.2) is 4.98 Å². The summed E-state index contributed by atoms with van der Waals surface area (Å²) in [5.74, 6) is 2.21. The van der Waals surface area contributed by atoms with E-state index in [1.54, 1.807) is 0 Å². The summed E-state index contributed by atoms with van der Waals surface area (Å²) in [4.78, 5) is 4.44. The predicted molar refractivity (Wildman–Crippen MR) is 74.1 cm³/mol. The molecule has 0 N–H and O–H groups in total. The highest BCUT2D eigenvalue weighted by Crippen LogP contribution is 2.37. The minimum Gasteiger partial charge on any atom is -0.485 e. The number of nitrogens with zero attached hydrogens (tertiary/aromatic N) is 1. The van der Waals surface area contributed by atoms with Gasteiger partial charge in [-0.3, -0.25) is 0 Å². The lowest BCUT2D eigenvalue weighted by Crippen LogP contribution is -2.21. The molecule has 1 aliphatic heterocycles. The first-order valence-corrected chi connectivity index (χ1v) is 6.56. The van der Waals surface area contributed by atoms with E-state index in [4.69, 9.17) is 13.9 Å². The van der Waals surface area contributed by atoms with Gasteiger partial charge in [0.05, 0.1) is 0 Å². The summed E-state index contributed by atoms with van der Waals surface area (Å²) in [7, 11) is 0. The molecule has 4 rings (SSSR count). The average molecular weight is 267 g/mol. The summed E-state index contributed by atoms with van der Waals surface area (Å²) < 4.78 is 17.4. The van der Waals surface area contributed by atoms with Gasteiger partial charge < -0.3 is 13.9 Å². The molecule has 100 valence electrons. The first-order chi connectivity index (χ1) is 9.81. The number of rotatable bonds is 1. The number of oxazole rings is 1. The molecule has 0 spiro atoms. The maximum Gasteiger partial charge on any atom is 0.192 e. The van der Waals surface area contributed by atoms with Crippen LogP contribution in [0.1, 0.15) is 17.6 Å². The summed E-state index contributed by atoms with van der Waals surface area (Å²) in [6, 6.07) is 13.6. The number of hydrogen-bond acceptors (Lipinski definition) is 4. The third-order valence-corrected chi connectivity index (χ3v) is 3.41. The number of benzene rings is 2.